The highest BCUT2D eigenvalue weighted by Gasteiger charge is 2.13. The lowest BCUT2D eigenvalue weighted by atomic mass is 10.0. The zero-order valence-electron chi connectivity index (χ0n) is 10.5. The zero-order chi connectivity index (χ0) is 14.5. The van der Waals surface area contributed by atoms with Gasteiger partial charge in [0, 0.05) is 11.1 Å². The van der Waals surface area contributed by atoms with Crippen LogP contribution in [0.2, 0.25) is 0 Å². The van der Waals surface area contributed by atoms with Gasteiger partial charge >= 0.3 is 0 Å². The van der Waals surface area contributed by atoms with Gasteiger partial charge in [-0.2, -0.15) is 5.26 Å². The molecule has 0 bridgehead atoms. The predicted molar refractivity (Wildman–Crippen MR) is 70.8 cm³/mol. The monoisotopic (exact) mass is 267 g/mol. The molecule has 0 amide bonds. The second kappa shape index (κ2) is 5.89. The molecule has 0 radical (unpaired) electrons. The number of halogens is 1. The molecular weight excluding hydrogens is 257 g/mol. The molecular formula is C16H10FNO2. The highest BCUT2D eigenvalue weighted by atomic mass is 19.1. The molecule has 4 heteroatoms. The first-order valence-electron chi connectivity index (χ1n) is 5.92. The molecule has 2 aromatic rings. The zero-order valence-corrected chi connectivity index (χ0v) is 10.5. The number of benzene rings is 2. The van der Waals surface area contributed by atoms with Crippen molar-refractivity contribution in [3.63, 3.8) is 0 Å². The van der Waals surface area contributed by atoms with E-state index in [0.29, 0.717) is 16.7 Å². The Morgan fingerprint density at radius 2 is 1.35 bits per heavy atom. The Morgan fingerprint density at radius 1 is 0.900 bits per heavy atom. The van der Waals surface area contributed by atoms with Crippen LogP contribution in [-0.4, -0.2) is 11.6 Å². The largest absolute Gasteiger partial charge is 0.294 e. The smallest absolute Gasteiger partial charge is 0.170 e. The molecule has 0 N–H and O–H groups in total. The van der Waals surface area contributed by atoms with E-state index in [9.17, 15) is 14.0 Å². The van der Waals surface area contributed by atoms with Crippen LogP contribution < -0.4 is 0 Å². The van der Waals surface area contributed by atoms with Crippen molar-refractivity contribution < 1.29 is 14.0 Å². The topological polar surface area (TPSA) is 57.9 Å². The summed E-state index contributed by atoms with van der Waals surface area (Å²) in [4.78, 5) is 23.8. The minimum Gasteiger partial charge on any atom is -0.294 e. The van der Waals surface area contributed by atoms with Crippen molar-refractivity contribution in [3.05, 3.63) is 71.0 Å². The molecule has 0 saturated heterocycles. The summed E-state index contributed by atoms with van der Waals surface area (Å²) < 4.78 is 12.7. The lowest BCUT2D eigenvalue weighted by Gasteiger charge is -2.01. The second-order valence-electron chi connectivity index (χ2n) is 4.22. The number of carbonyl (C=O) groups excluding carboxylic acids is 2. The number of hydrogen-bond acceptors (Lipinski definition) is 3. The lowest BCUT2D eigenvalue weighted by molar-refractivity contribution is 0.0894. The van der Waals surface area contributed by atoms with Crippen molar-refractivity contribution >= 4 is 11.6 Å². The molecule has 0 heterocycles. The Kier molecular flexibility index (Phi) is 4.02. The quantitative estimate of drug-likeness (QED) is 0.631. The summed E-state index contributed by atoms with van der Waals surface area (Å²) in [7, 11) is 0. The van der Waals surface area contributed by atoms with Crippen molar-refractivity contribution in [2.75, 3.05) is 0 Å². The van der Waals surface area contributed by atoms with E-state index < -0.39 is 5.82 Å². The molecule has 2 rings (SSSR count). The third-order valence-corrected chi connectivity index (χ3v) is 2.82. The van der Waals surface area contributed by atoms with E-state index in [1.165, 1.54) is 48.5 Å². The van der Waals surface area contributed by atoms with E-state index in [-0.39, 0.29) is 18.0 Å². The number of ketones is 2. The third-order valence-electron chi connectivity index (χ3n) is 2.82. The van der Waals surface area contributed by atoms with Gasteiger partial charge in [-0.1, -0.05) is 12.1 Å². The fraction of sp³-hybridized carbons (Fsp3) is 0.0625. The van der Waals surface area contributed by atoms with Crippen molar-refractivity contribution in [3.8, 4) is 6.07 Å². The van der Waals surface area contributed by atoms with Crippen LogP contribution in [-0.2, 0) is 0 Å². The molecule has 2 aromatic carbocycles. The van der Waals surface area contributed by atoms with Gasteiger partial charge in [0.05, 0.1) is 18.1 Å². The van der Waals surface area contributed by atoms with E-state index in [4.69, 9.17) is 5.26 Å². The summed E-state index contributed by atoms with van der Waals surface area (Å²) in [5, 5.41) is 8.66. The number of nitriles is 1. The number of hydrogen-bond donors (Lipinski definition) is 0. The maximum atomic E-state index is 12.7. The molecule has 0 atom stereocenters. The first-order valence-corrected chi connectivity index (χ1v) is 5.92. The highest BCUT2D eigenvalue weighted by molar-refractivity contribution is 6.13. The van der Waals surface area contributed by atoms with Crippen LogP contribution in [0, 0.1) is 17.1 Å². The first-order chi connectivity index (χ1) is 9.60. The fourth-order valence-electron chi connectivity index (χ4n) is 1.72. The van der Waals surface area contributed by atoms with Gasteiger partial charge in [-0.15, -0.1) is 0 Å². The number of carbonyl (C=O) groups is 2. The molecule has 0 saturated carbocycles. The third kappa shape index (κ3) is 3.15. The minimum atomic E-state index is -0.431. The van der Waals surface area contributed by atoms with Crippen molar-refractivity contribution in [1.82, 2.24) is 0 Å². The molecule has 0 aromatic heterocycles. The Bertz CT molecular complexity index is 682. The van der Waals surface area contributed by atoms with E-state index >= 15 is 0 Å². The SMILES string of the molecule is N#Cc1ccc(C(=O)CC(=O)c2ccc(F)cc2)cc1. The summed E-state index contributed by atoms with van der Waals surface area (Å²) in [6.07, 6.45) is -0.280. The van der Waals surface area contributed by atoms with Crippen molar-refractivity contribution in [1.29, 1.82) is 5.26 Å². The van der Waals surface area contributed by atoms with Gasteiger partial charge in [-0.3, -0.25) is 9.59 Å². The van der Waals surface area contributed by atoms with Gasteiger partial charge < -0.3 is 0 Å². The molecule has 0 aliphatic carbocycles. The fourth-order valence-corrected chi connectivity index (χ4v) is 1.72. The average molecular weight is 267 g/mol. The van der Waals surface area contributed by atoms with Gasteiger partial charge in [-0.25, -0.2) is 4.39 Å². The summed E-state index contributed by atoms with van der Waals surface area (Å²) in [6, 6.07) is 13.1. The Hall–Kier alpha value is -2.80. The van der Waals surface area contributed by atoms with E-state index in [0.717, 1.165) is 0 Å². The van der Waals surface area contributed by atoms with Gasteiger partial charge in [0.2, 0.25) is 0 Å². The number of rotatable bonds is 4. The average Bonchev–Trinajstić information content (AvgIpc) is 2.48. The predicted octanol–water partition coefficient (Wildman–Crippen LogP) is 3.15. The van der Waals surface area contributed by atoms with Crippen molar-refractivity contribution in [2.45, 2.75) is 6.42 Å². The molecule has 98 valence electrons. The molecule has 0 unspecified atom stereocenters. The van der Waals surface area contributed by atoms with E-state index in [1.54, 1.807) is 0 Å². The van der Waals surface area contributed by atoms with Crippen LogP contribution in [0.3, 0.4) is 0 Å². The Morgan fingerprint density at radius 3 is 1.80 bits per heavy atom. The Balaban J connectivity index is 2.09. The number of Topliss-reactive ketones (excluding diaryl/α,β-unsaturated/α-hetero) is 2. The molecule has 0 fully saturated rings. The lowest BCUT2D eigenvalue weighted by Crippen LogP contribution is -2.08. The van der Waals surface area contributed by atoms with Gasteiger partial charge in [0.15, 0.2) is 11.6 Å². The first kappa shape index (κ1) is 13.6. The summed E-state index contributed by atoms with van der Waals surface area (Å²) >= 11 is 0. The van der Waals surface area contributed by atoms with Crippen LogP contribution in [0.1, 0.15) is 32.7 Å². The normalized spacial score (nSPS) is 9.80. The molecule has 0 aliphatic heterocycles. The van der Waals surface area contributed by atoms with Crippen LogP contribution in [0.25, 0.3) is 0 Å². The molecule has 3 nitrogen and oxygen atoms in total. The second-order valence-corrected chi connectivity index (χ2v) is 4.22. The molecule has 0 spiro atoms. The van der Waals surface area contributed by atoms with Gasteiger partial charge in [-0.05, 0) is 36.4 Å². The van der Waals surface area contributed by atoms with Gasteiger partial charge in [0.25, 0.3) is 0 Å². The highest BCUT2D eigenvalue weighted by Crippen LogP contribution is 2.11. The minimum absolute atomic E-state index is 0.280. The standard InChI is InChI=1S/C16H10FNO2/c17-14-7-5-13(6-8-14)16(20)9-15(19)12-3-1-11(10-18)2-4-12/h1-8H,9H2. The van der Waals surface area contributed by atoms with E-state index in [2.05, 4.69) is 0 Å². The van der Waals surface area contributed by atoms with Crippen molar-refractivity contribution in [2.24, 2.45) is 0 Å². The molecule has 0 aliphatic rings. The Labute approximate surface area is 115 Å². The van der Waals surface area contributed by atoms with Crippen LogP contribution >= 0.6 is 0 Å². The summed E-state index contributed by atoms with van der Waals surface area (Å²) in [6.45, 7) is 0. The maximum Gasteiger partial charge on any atom is 0.170 e. The van der Waals surface area contributed by atoms with Crippen LogP contribution in [0.4, 0.5) is 4.39 Å². The maximum absolute atomic E-state index is 12.7. The summed E-state index contributed by atoms with van der Waals surface area (Å²) in [5.74, 6) is -1.12. The van der Waals surface area contributed by atoms with Crippen LogP contribution in [0.5, 0.6) is 0 Å². The van der Waals surface area contributed by atoms with Crippen LogP contribution in [0.15, 0.2) is 48.5 Å². The summed E-state index contributed by atoms with van der Waals surface area (Å²) in [5.41, 5.74) is 1.12. The van der Waals surface area contributed by atoms with E-state index in [1.807, 2.05) is 6.07 Å². The molecule has 20 heavy (non-hydrogen) atoms. The number of nitrogens with zero attached hydrogens (tertiary/aromatic N) is 1. The van der Waals surface area contributed by atoms with Gasteiger partial charge in [0.1, 0.15) is 5.82 Å².